The number of esters is 1. The van der Waals surface area contributed by atoms with Crippen molar-refractivity contribution in [1.82, 2.24) is 0 Å². The van der Waals surface area contributed by atoms with Crippen molar-refractivity contribution in [3.8, 4) is 6.07 Å². The summed E-state index contributed by atoms with van der Waals surface area (Å²) in [7, 11) is 0. The molecular formula is C19H29NO2. The van der Waals surface area contributed by atoms with Crippen LogP contribution in [0, 0.1) is 35.0 Å². The summed E-state index contributed by atoms with van der Waals surface area (Å²) in [5.74, 6) is 2.18. The van der Waals surface area contributed by atoms with Crippen molar-refractivity contribution >= 4 is 5.97 Å². The van der Waals surface area contributed by atoms with Crippen LogP contribution in [0.25, 0.3) is 0 Å². The van der Waals surface area contributed by atoms with Crippen molar-refractivity contribution in [2.24, 2.45) is 23.7 Å². The molecule has 0 unspecified atom stereocenters. The van der Waals surface area contributed by atoms with E-state index in [1.54, 1.807) is 0 Å². The van der Waals surface area contributed by atoms with Gasteiger partial charge in [-0.25, -0.2) is 0 Å². The van der Waals surface area contributed by atoms with Crippen molar-refractivity contribution in [1.29, 1.82) is 5.26 Å². The van der Waals surface area contributed by atoms with Gasteiger partial charge in [0.05, 0.1) is 12.0 Å². The second-order valence-electron chi connectivity index (χ2n) is 7.70. The molecule has 3 saturated carbocycles. The van der Waals surface area contributed by atoms with E-state index in [-0.39, 0.29) is 23.9 Å². The van der Waals surface area contributed by atoms with E-state index in [1.165, 1.54) is 38.5 Å². The van der Waals surface area contributed by atoms with Gasteiger partial charge in [-0.15, -0.1) is 0 Å². The quantitative estimate of drug-likeness (QED) is 0.715. The van der Waals surface area contributed by atoms with Gasteiger partial charge in [0.15, 0.2) is 0 Å². The van der Waals surface area contributed by atoms with Crippen LogP contribution < -0.4 is 0 Å². The molecule has 0 bridgehead atoms. The fraction of sp³-hybridized carbons (Fsp3) is 0.895. The summed E-state index contributed by atoms with van der Waals surface area (Å²) in [6, 6.07) is 2.33. The standard InChI is InChI=1S/C19H29NO2/c20-13-14-5-11-18(12-6-14)22-19(21)17-9-7-16(8-10-17)15-3-1-2-4-15/h14-18H,1-12H2. The summed E-state index contributed by atoms with van der Waals surface area (Å²) in [5, 5.41) is 8.92. The Morgan fingerprint density at radius 1 is 0.818 bits per heavy atom. The van der Waals surface area contributed by atoms with Gasteiger partial charge in [-0.3, -0.25) is 4.79 Å². The number of hydrogen-bond acceptors (Lipinski definition) is 3. The number of carbonyl (C=O) groups excluding carboxylic acids is 1. The van der Waals surface area contributed by atoms with Gasteiger partial charge < -0.3 is 4.74 Å². The van der Waals surface area contributed by atoms with Crippen molar-refractivity contribution in [2.45, 2.75) is 83.2 Å². The molecule has 122 valence electrons. The molecule has 0 atom stereocenters. The summed E-state index contributed by atoms with van der Waals surface area (Å²) >= 11 is 0. The van der Waals surface area contributed by atoms with Crippen LogP contribution in [0.15, 0.2) is 0 Å². The molecule has 0 saturated heterocycles. The summed E-state index contributed by atoms with van der Waals surface area (Å²) in [6.45, 7) is 0. The number of ether oxygens (including phenoxy) is 1. The summed E-state index contributed by atoms with van der Waals surface area (Å²) in [4.78, 5) is 12.4. The normalized spacial score (nSPS) is 36.7. The Kier molecular flexibility index (Phi) is 5.39. The van der Waals surface area contributed by atoms with Crippen molar-refractivity contribution in [3.63, 3.8) is 0 Å². The van der Waals surface area contributed by atoms with Crippen molar-refractivity contribution < 1.29 is 9.53 Å². The molecule has 0 heterocycles. The third-order valence-corrected chi connectivity index (χ3v) is 6.31. The summed E-state index contributed by atoms with van der Waals surface area (Å²) < 4.78 is 5.74. The molecule has 0 aromatic rings. The lowest BCUT2D eigenvalue weighted by Gasteiger charge is -2.32. The van der Waals surface area contributed by atoms with E-state index < -0.39 is 0 Å². The minimum absolute atomic E-state index is 0.0466. The third-order valence-electron chi connectivity index (χ3n) is 6.31. The highest BCUT2D eigenvalue weighted by atomic mass is 16.5. The zero-order valence-corrected chi connectivity index (χ0v) is 13.6. The lowest BCUT2D eigenvalue weighted by molar-refractivity contribution is -0.157. The fourth-order valence-corrected chi connectivity index (χ4v) is 4.83. The Bertz CT molecular complexity index is 406. The molecule has 3 rings (SSSR count). The number of hydrogen-bond donors (Lipinski definition) is 0. The maximum absolute atomic E-state index is 12.4. The van der Waals surface area contributed by atoms with Crippen LogP contribution >= 0.6 is 0 Å². The first kappa shape index (κ1) is 15.8. The van der Waals surface area contributed by atoms with Crippen LogP contribution in [0.4, 0.5) is 0 Å². The second kappa shape index (κ2) is 7.49. The predicted octanol–water partition coefficient (Wildman–Crippen LogP) is 4.61. The van der Waals surface area contributed by atoms with Crippen molar-refractivity contribution in [2.75, 3.05) is 0 Å². The smallest absolute Gasteiger partial charge is 0.309 e. The Morgan fingerprint density at radius 3 is 2.00 bits per heavy atom. The Morgan fingerprint density at radius 2 is 1.41 bits per heavy atom. The maximum atomic E-state index is 12.4. The molecule has 0 aromatic carbocycles. The molecule has 0 N–H and O–H groups in total. The zero-order chi connectivity index (χ0) is 15.4. The second-order valence-corrected chi connectivity index (χ2v) is 7.70. The predicted molar refractivity (Wildman–Crippen MR) is 84.9 cm³/mol. The molecule has 0 amide bonds. The molecule has 3 heteroatoms. The number of nitriles is 1. The molecule has 0 spiro atoms. The first-order valence-corrected chi connectivity index (χ1v) is 9.36. The SMILES string of the molecule is N#CC1CCC(OC(=O)C2CCC(C3CCCC3)CC2)CC1. The molecule has 3 aliphatic rings. The van der Waals surface area contributed by atoms with Crippen LogP contribution in [-0.4, -0.2) is 12.1 Å². The number of nitrogens with zero attached hydrogens (tertiary/aromatic N) is 1. The Labute approximate surface area is 134 Å². The monoisotopic (exact) mass is 303 g/mol. The van der Waals surface area contributed by atoms with Crippen LogP contribution in [0.3, 0.4) is 0 Å². The largest absolute Gasteiger partial charge is 0.462 e. The van der Waals surface area contributed by atoms with E-state index in [9.17, 15) is 4.79 Å². The summed E-state index contributed by atoms with van der Waals surface area (Å²) in [6.07, 6.45) is 13.8. The number of carbonyl (C=O) groups is 1. The average molecular weight is 303 g/mol. The van der Waals surface area contributed by atoms with Gasteiger partial charge in [-0.05, 0) is 63.2 Å². The highest BCUT2D eigenvalue weighted by Crippen LogP contribution is 2.41. The maximum Gasteiger partial charge on any atom is 0.309 e. The molecule has 3 nitrogen and oxygen atoms in total. The van der Waals surface area contributed by atoms with Gasteiger partial charge in [0.2, 0.25) is 0 Å². The molecule has 22 heavy (non-hydrogen) atoms. The van der Waals surface area contributed by atoms with E-state index in [2.05, 4.69) is 6.07 Å². The van der Waals surface area contributed by atoms with Gasteiger partial charge in [-0.1, -0.05) is 25.7 Å². The first-order chi connectivity index (χ1) is 10.8. The Hall–Kier alpha value is -1.04. The molecule has 3 fully saturated rings. The van der Waals surface area contributed by atoms with Gasteiger partial charge in [0.25, 0.3) is 0 Å². The van der Waals surface area contributed by atoms with Crippen molar-refractivity contribution in [3.05, 3.63) is 0 Å². The molecular weight excluding hydrogens is 274 g/mol. The van der Waals surface area contributed by atoms with Gasteiger partial charge in [0, 0.05) is 5.92 Å². The average Bonchev–Trinajstić information content (AvgIpc) is 3.10. The van der Waals surface area contributed by atoms with Gasteiger partial charge in [0.1, 0.15) is 6.10 Å². The van der Waals surface area contributed by atoms with Crippen LogP contribution in [0.2, 0.25) is 0 Å². The first-order valence-electron chi connectivity index (χ1n) is 9.36. The van der Waals surface area contributed by atoms with E-state index in [4.69, 9.17) is 10.00 Å². The van der Waals surface area contributed by atoms with Gasteiger partial charge >= 0.3 is 5.97 Å². The third kappa shape index (κ3) is 3.83. The topological polar surface area (TPSA) is 50.1 Å². The number of rotatable bonds is 3. The van der Waals surface area contributed by atoms with E-state index in [0.717, 1.165) is 50.4 Å². The highest BCUT2D eigenvalue weighted by molar-refractivity contribution is 5.72. The lowest BCUT2D eigenvalue weighted by atomic mass is 9.75. The summed E-state index contributed by atoms with van der Waals surface area (Å²) in [5.41, 5.74) is 0. The van der Waals surface area contributed by atoms with Crippen LogP contribution in [0.1, 0.15) is 77.0 Å². The van der Waals surface area contributed by atoms with Gasteiger partial charge in [-0.2, -0.15) is 5.26 Å². The molecule has 0 aliphatic heterocycles. The Balaban J connectivity index is 1.39. The van der Waals surface area contributed by atoms with Crippen LogP contribution in [-0.2, 0) is 9.53 Å². The minimum atomic E-state index is 0.0466. The van der Waals surface area contributed by atoms with E-state index >= 15 is 0 Å². The fourth-order valence-electron chi connectivity index (χ4n) is 4.83. The van der Waals surface area contributed by atoms with E-state index in [1.807, 2.05) is 0 Å². The molecule has 3 aliphatic carbocycles. The minimum Gasteiger partial charge on any atom is -0.462 e. The van der Waals surface area contributed by atoms with Crippen LogP contribution in [0.5, 0.6) is 0 Å². The lowest BCUT2D eigenvalue weighted by Crippen LogP contribution is -2.30. The zero-order valence-electron chi connectivity index (χ0n) is 13.6. The highest BCUT2D eigenvalue weighted by Gasteiger charge is 2.34. The van der Waals surface area contributed by atoms with E-state index in [0.29, 0.717) is 0 Å². The molecule has 0 aromatic heterocycles. The molecule has 0 radical (unpaired) electrons.